The van der Waals surface area contributed by atoms with Gasteiger partial charge in [-0.25, -0.2) is 8.78 Å². The third-order valence-corrected chi connectivity index (χ3v) is 3.44. The van der Waals surface area contributed by atoms with Crippen molar-refractivity contribution in [3.05, 3.63) is 51.7 Å². The molecule has 0 bridgehead atoms. The third-order valence-electron chi connectivity index (χ3n) is 2.50. The van der Waals surface area contributed by atoms with Gasteiger partial charge in [-0.3, -0.25) is 4.79 Å². The summed E-state index contributed by atoms with van der Waals surface area (Å²) < 4.78 is 31.8. The fourth-order valence-corrected chi connectivity index (χ4v) is 2.40. The lowest BCUT2D eigenvalue weighted by atomic mass is 10.1. The van der Waals surface area contributed by atoms with Crippen LogP contribution in [0.15, 0.2) is 29.6 Å². The van der Waals surface area contributed by atoms with Crippen molar-refractivity contribution in [1.29, 1.82) is 0 Å². The summed E-state index contributed by atoms with van der Waals surface area (Å²) in [6.07, 6.45) is -0.310. The van der Waals surface area contributed by atoms with Gasteiger partial charge in [-0.05, 0) is 23.6 Å². The Labute approximate surface area is 107 Å². The summed E-state index contributed by atoms with van der Waals surface area (Å²) in [7, 11) is 1.45. The SMILES string of the molecule is COc1ccsc1C(=O)Cc1c(F)cccc1F. The van der Waals surface area contributed by atoms with E-state index in [2.05, 4.69) is 0 Å². The molecule has 0 unspecified atom stereocenters. The summed E-state index contributed by atoms with van der Waals surface area (Å²) in [6.45, 7) is 0. The van der Waals surface area contributed by atoms with E-state index in [9.17, 15) is 13.6 Å². The van der Waals surface area contributed by atoms with Gasteiger partial charge in [0.2, 0.25) is 0 Å². The minimum absolute atomic E-state index is 0.210. The van der Waals surface area contributed by atoms with Gasteiger partial charge in [0.05, 0.1) is 7.11 Å². The number of Topliss-reactive ketones (excluding diaryl/α,β-unsaturated/α-hetero) is 1. The molecule has 0 amide bonds. The first-order valence-electron chi connectivity index (χ1n) is 5.21. The van der Waals surface area contributed by atoms with Crippen LogP contribution in [0.25, 0.3) is 0 Å². The first kappa shape index (κ1) is 12.7. The van der Waals surface area contributed by atoms with E-state index >= 15 is 0 Å². The Morgan fingerprint density at radius 2 is 1.94 bits per heavy atom. The molecule has 0 atom stereocenters. The van der Waals surface area contributed by atoms with E-state index in [-0.39, 0.29) is 17.8 Å². The number of carbonyl (C=O) groups excluding carboxylic acids is 1. The number of hydrogen-bond acceptors (Lipinski definition) is 3. The number of rotatable bonds is 4. The van der Waals surface area contributed by atoms with E-state index in [1.807, 2.05) is 0 Å². The summed E-state index contributed by atoms with van der Waals surface area (Å²) in [4.78, 5) is 12.3. The first-order valence-corrected chi connectivity index (χ1v) is 6.09. The van der Waals surface area contributed by atoms with Crippen LogP contribution < -0.4 is 4.74 Å². The van der Waals surface area contributed by atoms with Crippen molar-refractivity contribution in [1.82, 2.24) is 0 Å². The topological polar surface area (TPSA) is 26.3 Å². The average Bonchev–Trinajstić information content (AvgIpc) is 2.82. The maximum atomic E-state index is 13.4. The number of methoxy groups -OCH3 is 1. The number of ketones is 1. The standard InChI is InChI=1S/C13H10F2O2S/c1-17-12-5-6-18-13(12)11(16)7-8-9(14)3-2-4-10(8)15/h2-6H,7H2,1H3. The molecule has 0 radical (unpaired) electrons. The number of carbonyl (C=O) groups is 1. The summed E-state index contributed by atoms with van der Waals surface area (Å²) in [5.41, 5.74) is -0.210. The van der Waals surface area contributed by atoms with E-state index in [4.69, 9.17) is 4.74 Å². The van der Waals surface area contributed by atoms with Gasteiger partial charge in [-0.2, -0.15) is 0 Å². The van der Waals surface area contributed by atoms with Crippen LogP contribution in [-0.2, 0) is 6.42 Å². The largest absolute Gasteiger partial charge is 0.495 e. The number of benzene rings is 1. The minimum atomic E-state index is -0.709. The summed E-state index contributed by atoms with van der Waals surface area (Å²) in [5, 5.41) is 1.70. The van der Waals surface area contributed by atoms with Gasteiger partial charge in [-0.1, -0.05) is 6.07 Å². The van der Waals surface area contributed by atoms with Crippen molar-refractivity contribution in [3.8, 4) is 5.75 Å². The van der Waals surface area contributed by atoms with Crippen LogP contribution in [0.3, 0.4) is 0 Å². The molecular formula is C13H10F2O2S. The maximum absolute atomic E-state index is 13.4. The lowest BCUT2D eigenvalue weighted by Crippen LogP contribution is -2.06. The van der Waals surface area contributed by atoms with Crippen LogP contribution in [-0.4, -0.2) is 12.9 Å². The van der Waals surface area contributed by atoms with Crippen molar-refractivity contribution in [3.63, 3.8) is 0 Å². The van der Waals surface area contributed by atoms with Gasteiger partial charge in [-0.15, -0.1) is 11.3 Å². The Morgan fingerprint density at radius 3 is 2.56 bits per heavy atom. The second-order valence-electron chi connectivity index (χ2n) is 3.62. The average molecular weight is 268 g/mol. The normalized spacial score (nSPS) is 10.4. The monoisotopic (exact) mass is 268 g/mol. The van der Waals surface area contributed by atoms with Gasteiger partial charge in [0.1, 0.15) is 22.3 Å². The van der Waals surface area contributed by atoms with Crippen LogP contribution in [0.1, 0.15) is 15.2 Å². The van der Waals surface area contributed by atoms with E-state index in [0.717, 1.165) is 12.1 Å². The maximum Gasteiger partial charge on any atom is 0.181 e. The molecule has 0 N–H and O–H groups in total. The quantitative estimate of drug-likeness (QED) is 0.794. The Balaban J connectivity index is 2.27. The summed E-state index contributed by atoms with van der Waals surface area (Å²) >= 11 is 1.19. The van der Waals surface area contributed by atoms with Crippen LogP contribution in [0.2, 0.25) is 0 Å². The molecule has 0 saturated carbocycles. The van der Waals surface area contributed by atoms with Gasteiger partial charge in [0.25, 0.3) is 0 Å². The van der Waals surface area contributed by atoms with Crippen molar-refractivity contribution >= 4 is 17.1 Å². The molecule has 2 aromatic rings. The lowest BCUT2D eigenvalue weighted by molar-refractivity contribution is 0.0992. The summed E-state index contributed by atoms with van der Waals surface area (Å²) in [6, 6.07) is 5.19. The summed E-state index contributed by atoms with van der Waals surface area (Å²) in [5.74, 6) is -1.34. The highest BCUT2D eigenvalue weighted by Crippen LogP contribution is 2.26. The number of halogens is 2. The molecule has 0 fully saturated rings. The smallest absolute Gasteiger partial charge is 0.181 e. The van der Waals surface area contributed by atoms with Crippen LogP contribution >= 0.6 is 11.3 Å². The highest BCUT2D eigenvalue weighted by molar-refractivity contribution is 7.12. The van der Waals surface area contributed by atoms with Crippen molar-refractivity contribution in [2.75, 3.05) is 7.11 Å². The van der Waals surface area contributed by atoms with Gasteiger partial charge >= 0.3 is 0 Å². The number of ether oxygens (including phenoxy) is 1. The van der Waals surface area contributed by atoms with Gasteiger partial charge in [0.15, 0.2) is 5.78 Å². The Hall–Kier alpha value is -1.75. The molecule has 18 heavy (non-hydrogen) atoms. The second kappa shape index (κ2) is 5.27. The van der Waals surface area contributed by atoms with Crippen LogP contribution in [0.5, 0.6) is 5.75 Å². The minimum Gasteiger partial charge on any atom is -0.495 e. The number of thiophene rings is 1. The Morgan fingerprint density at radius 1 is 1.28 bits per heavy atom. The predicted octanol–water partition coefficient (Wildman–Crippen LogP) is 3.46. The predicted molar refractivity (Wildman–Crippen MR) is 65.3 cm³/mol. The molecule has 0 aliphatic rings. The first-order chi connectivity index (χ1) is 8.63. The molecule has 0 saturated heterocycles. The molecule has 94 valence electrons. The molecule has 1 aromatic heterocycles. The zero-order valence-corrected chi connectivity index (χ0v) is 10.4. The lowest BCUT2D eigenvalue weighted by Gasteiger charge is -2.04. The molecular weight excluding hydrogens is 258 g/mol. The molecule has 2 nitrogen and oxygen atoms in total. The third kappa shape index (κ3) is 2.41. The van der Waals surface area contributed by atoms with E-state index < -0.39 is 11.6 Å². The fraction of sp³-hybridized carbons (Fsp3) is 0.154. The highest BCUT2D eigenvalue weighted by Gasteiger charge is 2.18. The second-order valence-corrected chi connectivity index (χ2v) is 4.53. The molecule has 5 heteroatoms. The zero-order chi connectivity index (χ0) is 13.1. The molecule has 0 aliphatic carbocycles. The van der Waals surface area contributed by atoms with Crippen molar-refractivity contribution < 1.29 is 18.3 Å². The molecule has 0 aliphatic heterocycles. The van der Waals surface area contributed by atoms with Gasteiger partial charge < -0.3 is 4.74 Å². The van der Waals surface area contributed by atoms with Crippen molar-refractivity contribution in [2.24, 2.45) is 0 Å². The van der Waals surface area contributed by atoms with E-state index in [1.165, 1.54) is 24.5 Å². The van der Waals surface area contributed by atoms with E-state index in [0.29, 0.717) is 10.6 Å². The van der Waals surface area contributed by atoms with E-state index in [1.54, 1.807) is 11.4 Å². The fourth-order valence-electron chi connectivity index (χ4n) is 1.60. The molecule has 0 spiro atoms. The van der Waals surface area contributed by atoms with Gasteiger partial charge in [0, 0.05) is 12.0 Å². The highest BCUT2D eigenvalue weighted by atomic mass is 32.1. The zero-order valence-electron chi connectivity index (χ0n) is 9.57. The Kier molecular flexibility index (Phi) is 3.72. The van der Waals surface area contributed by atoms with Crippen LogP contribution in [0, 0.1) is 11.6 Å². The van der Waals surface area contributed by atoms with Crippen molar-refractivity contribution in [2.45, 2.75) is 6.42 Å². The van der Waals surface area contributed by atoms with Crippen LogP contribution in [0.4, 0.5) is 8.78 Å². The Bertz CT molecular complexity index is 558. The molecule has 1 aromatic carbocycles. The molecule has 2 rings (SSSR count). The molecule has 1 heterocycles. The number of hydrogen-bond donors (Lipinski definition) is 0.